The van der Waals surface area contributed by atoms with E-state index in [1.54, 1.807) is 14.2 Å². The number of allylic oxidation sites excluding steroid dienone is 1. The number of nitrogens with two attached hydrogens (primary N) is 2. The molecular weight excluding hydrogens is 292 g/mol. The topological polar surface area (TPSA) is 106 Å². The second-order valence-corrected chi connectivity index (χ2v) is 4.69. The molecule has 0 aliphatic heterocycles. The molecule has 0 spiro atoms. The Kier molecular flexibility index (Phi) is 5.07. The number of hydrogen-bond acceptors (Lipinski definition) is 6. The number of rotatable bonds is 5. The van der Waals surface area contributed by atoms with E-state index in [0.29, 0.717) is 22.8 Å². The number of nitrogens with one attached hydrogen (secondary N) is 1. The van der Waals surface area contributed by atoms with Crippen molar-refractivity contribution in [2.45, 2.75) is 0 Å². The third-order valence-corrected chi connectivity index (χ3v) is 3.44. The fourth-order valence-corrected chi connectivity index (χ4v) is 2.17. The zero-order valence-electron chi connectivity index (χ0n) is 13.0. The van der Waals surface area contributed by atoms with E-state index >= 15 is 0 Å². The Morgan fingerprint density at radius 1 is 1.00 bits per heavy atom. The second-order valence-electron chi connectivity index (χ2n) is 4.69. The summed E-state index contributed by atoms with van der Waals surface area (Å²) < 4.78 is 10.5. The van der Waals surface area contributed by atoms with Gasteiger partial charge in [0.15, 0.2) is 17.2 Å². The maximum absolute atomic E-state index is 8.94. The van der Waals surface area contributed by atoms with Crippen molar-refractivity contribution in [3.8, 4) is 28.7 Å². The van der Waals surface area contributed by atoms with Crippen LogP contribution in [0.4, 0.5) is 0 Å². The monoisotopic (exact) mass is 310 g/mol. The molecule has 0 saturated heterocycles. The number of hydrazine groups is 1. The molecule has 0 atom stereocenters. The highest BCUT2D eigenvalue weighted by Gasteiger charge is 2.08. The van der Waals surface area contributed by atoms with Gasteiger partial charge in [-0.2, -0.15) is 5.26 Å². The summed E-state index contributed by atoms with van der Waals surface area (Å²) in [7, 11) is 3.19. The minimum absolute atomic E-state index is 0.129. The van der Waals surface area contributed by atoms with E-state index in [1.807, 2.05) is 48.5 Å². The predicted molar refractivity (Wildman–Crippen MR) is 89.0 cm³/mol. The average molecular weight is 310 g/mol. The van der Waals surface area contributed by atoms with Gasteiger partial charge in [0.05, 0.1) is 19.9 Å². The van der Waals surface area contributed by atoms with Crippen LogP contribution in [0, 0.1) is 11.3 Å². The van der Waals surface area contributed by atoms with E-state index in [-0.39, 0.29) is 5.70 Å². The van der Waals surface area contributed by atoms with E-state index in [2.05, 4.69) is 5.43 Å². The number of nitrogens with zero attached hydrogens (tertiary/aromatic N) is 1. The first-order valence-corrected chi connectivity index (χ1v) is 6.84. The Bertz CT molecular complexity index is 761. The molecular formula is C17H18N4O2. The Morgan fingerprint density at radius 3 is 2.13 bits per heavy atom. The zero-order chi connectivity index (χ0) is 16.8. The van der Waals surface area contributed by atoms with Gasteiger partial charge in [-0.15, -0.1) is 0 Å². The Morgan fingerprint density at radius 2 is 1.61 bits per heavy atom. The molecule has 0 unspecified atom stereocenters. The summed E-state index contributed by atoms with van der Waals surface area (Å²) in [5.41, 5.74) is 11.3. The largest absolute Gasteiger partial charge is 0.493 e. The van der Waals surface area contributed by atoms with Crippen molar-refractivity contribution in [3.63, 3.8) is 0 Å². The van der Waals surface area contributed by atoms with Gasteiger partial charge in [-0.05, 0) is 23.3 Å². The molecule has 0 amide bonds. The first-order valence-electron chi connectivity index (χ1n) is 6.84. The molecule has 118 valence electrons. The molecule has 23 heavy (non-hydrogen) atoms. The molecule has 0 bridgehead atoms. The number of hydrogen-bond donors (Lipinski definition) is 3. The van der Waals surface area contributed by atoms with Gasteiger partial charge in [-0.3, -0.25) is 0 Å². The molecule has 0 saturated carbocycles. The van der Waals surface area contributed by atoms with Crippen molar-refractivity contribution >= 4 is 5.70 Å². The summed E-state index contributed by atoms with van der Waals surface area (Å²) in [4.78, 5) is 0. The molecule has 0 heterocycles. The Balaban J connectivity index is 2.37. The lowest BCUT2D eigenvalue weighted by Gasteiger charge is -2.10. The fraction of sp³-hybridized carbons (Fsp3) is 0.118. The lowest BCUT2D eigenvalue weighted by Crippen LogP contribution is -2.23. The van der Waals surface area contributed by atoms with Crippen molar-refractivity contribution in [1.29, 1.82) is 5.26 Å². The third-order valence-electron chi connectivity index (χ3n) is 3.44. The lowest BCUT2D eigenvalue weighted by atomic mass is 10.0. The lowest BCUT2D eigenvalue weighted by molar-refractivity contribution is 0.355. The Labute approximate surface area is 134 Å². The average Bonchev–Trinajstić information content (AvgIpc) is 2.62. The summed E-state index contributed by atoms with van der Waals surface area (Å²) in [6, 6.07) is 15.1. The quantitative estimate of drug-likeness (QED) is 0.443. The van der Waals surface area contributed by atoms with Gasteiger partial charge in [0.25, 0.3) is 0 Å². The molecule has 0 fully saturated rings. The van der Waals surface area contributed by atoms with Gasteiger partial charge >= 0.3 is 0 Å². The third kappa shape index (κ3) is 3.36. The van der Waals surface area contributed by atoms with Gasteiger partial charge in [-0.25, -0.2) is 5.84 Å². The highest BCUT2D eigenvalue weighted by atomic mass is 16.5. The van der Waals surface area contributed by atoms with Crippen LogP contribution in [-0.2, 0) is 0 Å². The van der Waals surface area contributed by atoms with Crippen molar-refractivity contribution < 1.29 is 9.47 Å². The van der Waals surface area contributed by atoms with Crippen LogP contribution in [0.5, 0.6) is 11.5 Å². The van der Waals surface area contributed by atoms with Gasteiger partial charge in [0, 0.05) is 5.56 Å². The summed E-state index contributed by atoms with van der Waals surface area (Å²) >= 11 is 0. The maximum atomic E-state index is 8.94. The minimum atomic E-state index is 0.129. The van der Waals surface area contributed by atoms with Crippen LogP contribution in [0.1, 0.15) is 5.56 Å². The smallest absolute Gasteiger partial charge is 0.161 e. The minimum Gasteiger partial charge on any atom is -0.493 e. The second kappa shape index (κ2) is 7.20. The number of benzene rings is 2. The SMILES string of the molecule is COc1ccc(-c2ccc(/C(N)=C(\C#N)NN)cc2)cc1OC. The van der Waals surface area contributed by atoms with Gasteiger partial charge < -0.3 is 20.6 Å². The highest BCUT2D eigenvalue weighted by molar-refractivity contribution is 5.73. The van der Waals surface area contributed by atoms with Crippen LogP contribution >= 0.6 is 0 Å². The standard InChI is InChI=1S/C17H18N4O2/c1-22-15-8-7-13(9-16(15)23-2)11-3-5-12(6-4-11)17(19)14(10-18)21-20/h3-9,21H,19-20H2,1-2H3/b17-14-. The molecule has 6 heteroatoms. The van der Waals surface area contributed by atoms with Crippen molar-refractivity contribution in [2.24, 2.45) is 11.6 Å². The zero-order valence-corrected chi connectivity index (χ0v) is 13.0. The molecule has 2 rings (SSSR count). The van der Waals surface area contributed by atoms with E-state index in [4.69, 9.17) is 26.3 Å². The van der Waals surface area contributed by atoms with Crippen molar-refractivity contribution in [1.82, 2.24) is 5.43 Å². The van der Waals surface area contributed by atoms with Crippen LogP contribution in [0.3, 0.4) is 0 Å². The van der Waals surface area contributed by atoms with Crippen LogP contribution in [0.15, 0.2) is 48.2 Å². The van der Waals surface area contributed by atoms with Crippen molar-refractivity contribution in [2.75, 3.05) is 14.2 Å². The molecule has 0 aromatic heterocycles. The molecule has 2 aromatic carbocycles. The van der Waals surface area contributed by atoms with Crippen LogP contribution < -0.4 is 26.5 Å². The molecule has 0 radical (unpaired) electrons. The van der Waals surface area contributed by atoms with E-state index < -0.39 is 0 Å². The van der Waals surface area contributed by atoms with E-state index in [9.17, 15) is 0 Å². The molecule has 2 aromatic rings. The molecule has 0 aliphatic carbocycles. The number of ether oxygens (including phenoxy) is 2. The summed E-state index contributed by atoms with van der Waals surface area (Å²) in [6.45, 7) is 0. The predicted octanol–water partition coefficient (Wildman–Crippen LogP) is 1.98. The van der Waals surface area contributed by atoms with E-state index in [1.165, 1.54) is 0 Å². The van der Waals surface area contributed by atoms with Crippen LogP contribution in [0.25, 0.3) is 16.8 Å². The first-order chi connectivity index (χ1) is 11.1. The van der Waals surface area contributed by atoms with Gasteiger partial charge in [0.1, 0.15) is 6.07 Å². The van der Waals surface area contributed by atoms with Crippen molar-refractivity contribution in [3.05, 3.63) is 53.7 Å². The fourth-order valence-electron chi connectivity index (χ4n) is 2.17. The molecule has 5 N–H and O–H groups in total. The van der Waals surface area contributed by atoms with Crippen LogP contribution in [-0.4, -0.2) is 14.2 Å². The maximum Gasteiger partial charge on any atom is 0.161 e. The summed E-state index contributed by atoms with van der Waals surface area (Å²) in [5.74, 6) is 6.60. The number of nitriles is 1. The van der Waals surface area contributed by atoms with Gasteiger partial charge in [0.2, 0.25) is 0 Å². The highest BCUT2D eigenvalue weighted by Crippen LogP contribution is 2.32. The normalized spacial score (nSPS) is 11.2. The number of methoxy groups -OCH3 is 2. The van der Waals surface area contributed by atoms with Crippen LogP contribution in [0.2, 0.25) is 0 Å². The van der Waals surface area contributed by atoms with E-state index in [0.717, 1.165) is 11.1 Å². The van der Waals surface area contributed by atoms with Gasteiger partial charge in [-0.1, -0.05) is 30.3 Å². The summed E-state index contributed by atoms with van der Waals surface area (Å²) in [5, 5.41) is 8.94. The molecule has 0 aliphatic rings. The first kappa shape index (κ1) is 16.2. The molecule has 6 nitrogen and oxygen atoms in total. The summed E-state index contributed by atoms with van der Waals surface area (Å²) in [6.07, 6.45) is 0. The Hall–Kier alpha value is -3.17.